The summed E-state index contributed by atoms with van der Waals surface area (Å²) >= 11 is 9.46. The molecule has 1 aromatic heterocycles. The molecule has 2 heterocycles. The number of aromatic nitrogens is 1. The molecular weight excluding hydrogens is 438 g/mol. The predicted molar refractivity (Wildman–Crippen MR) is 127 cm³/mol. The summed E-state index contributed by atoms with van der Waals surface area (Å²) in [5.41, 5.74) is 2.49. The van der Waals surface area contributed by atoms with Crippen LogP contribution in [0.4, 0.5) is 5.13 Å². The van der Waals surface area contributed by atoms with E-state index in [-0.39, 0.29) is 5.91 Å². The first-order valence-corrected chi connectivity index (χ1v) is 12.3. The standard InChI is InChI=1S/C22H24ClN3O2S2/c1-15-18(23)6-7-19-20(15)24-22(30-19)26(9-8-25-10-12-28-13-11-25)21(27)16-4-3-5-17(14-16)29-2/h3-7,14H,8-13H2,1-2H3. The molecule has 4 rings (SSSR count). The van der Waals surface area contributed by atoms with Crippen molar-refractivity contribution < 1.29 is 9.53 Å². The summed E-state index contributed by atoms with van der Waals surface area (Å²) in [5.74, 6) is -0.0260. The molecule has 1 fully saturated rings. The van der Waals surface area contributed by atoms with Crippen LogP contribution in [0.2, 0.25) is 5.02 Å². The van der Waals surface area contributed by atoms with Crippen LogP contribution in [0.5, 0.6) is 0 Å². The van der Waals surface area contributed by atoms with Crippen LogP contribution in [-0.2, 0) is 4.74 Å². The van der Waals surface area contributed by atoms with Crippen molar-refractivity contribution in [1.29, 1.82) is 0 Å². The Bertz CT molecular complexity index is 1050. The van der Waals surface area contributed by atoms with Gasteiger partial charge in [-0.15, -0.1) is 11.8 Å². The van der Waals surface area contributed by atoms with Gasteiger partial charge >= 0.3 is 0 Å². The molecule has 1 aliphatic heterocycles. The van der Waals surface area contributed by atoms with E-state index in [1.807, 2.05) is 54.5 Å². The lowest BCUT2D eigenvalue weighted by Gasteiger charge is -2.29. The van der Waals surface area contributed by atoms with E-state index in [9.17, 15) is 4.79 Å². The normalized spacial score (nSPS) is 14.9. The number of morpholine rings is 1. The number of aryl methyl sites for hydroxylation is 1. The molecule has 30 heavy (non-hydrogen) atoms. The number of nitrogens with zero attached hydrogens (tertiary/aromatic N) is 3. The van der Waals surface area contributed by atoms with Gasteiger partial charge in [-0.3, -0.25) is 14.6 Å². The van der Waals surface area contributed by atoms with E-state index in [1.54, 1.807) is 11.8 Å². The molecule has 0 bridgehead atoms. The number of benzene rings is 2. The van der Waals surface area contributed by atoms with Gasteiger partial charge in [-0.1, -0.05) is 29.0 Å². The number of hydrogen-bond donors (Lipinski definition) is 0. The maximum Gasteiger partial charge on any atom is 0.260 e. The van der Waals surface area contributed by atoms with Gasteiger partial charge in [-0.25, -0.2) is 4.98 Å². The molecule has 3 aromatic rings. The highest BCUT2D eigenvalue weighted by molar-refractivity contribution is 7.98. The Morgan fingerprint density at radius 2 is 2.10 bits per heavy atom. The highest BCUT2D eigenvalue weighted by atomic mass is 35.5. The second-order valence-corrected chi connectivity index (χ2v) is 9.45. The van der Waals surface area contributed by atoms with Gasteiger partial charge in [0.05, 0.1) is 23.4 Å². The summed E-state index contributed by atoms with van der Waals surface area (Å²) in [7, 11) is 0. The number of amides is 1. The molecule has 0 unspecified atom stereocenters. The van der Waals surface area contributed by atoms with Crippen LogP contribution in [0.15, 0.2) is 41.3 Å². The Hall–Kier alpha value is -1.64. The Labute approximate surface area is 190 Å². The van der Waals surface area contributed by atoms with E-state index in [2.05, 4.69) is 4.90 Å². The topological polar surface area (TPSA) is 45.7 Å². The van der Waals surface area contributed by atoms with Gasteiger partial charge in [0.25, 0.3) is 5.91 Å². The number of rotatable bonds is 6. The van der Waals surface area contributed by atoms with Crippen LogP contribution < -0.4 is 4.90 Å². The van der Waals surface area contributed by atoms with Gasteiger partial charge in [0.2, 0.25) is 0 Å². The van der Waals surface area contributed by atoms with Crippen molar-refractivity contribution in [3.63, 3.8) is 0 Å². The lowest BCUT2D eigenvalue weighted by molar-refractivity contribution is 0.0391. The maximum atomic E-state index is 13.5. The molecule has 158 valence electrons. The Balaban J connectivity index is 1.67. The predicted octanol–water partition coefficient (Wildman–Crippen LogP) is 4.96. The third-order valence-corrected chi connectivity index (χ3v) is 7.45. The molecule has 0 saturated carbocycles. The fraction of sp³-hybridized carbons (Fsp3) is 0.364. The van der Waals surface area contributed by atoms with Crippen LogP contribution in [-0.4, -0.2) is 61.4 Å². The second-order valence-electron chi connectivity index (χ2n) is 7.16. The summed E-state index contributed by atoms with van der Waals surface area (Å²) in [4.78, 5) is 23.6. The van der Waals surface area contributed by atoms with E-state index < -0.39 is 0 Å². The minimum Gasteiger partial charge on any atom is -0.379 e. The number of ether oxygens (including phenoxy) is 1. The lowest BCUT2D eigenvalue weighted by Crippen LogP contribution is -2.43. The fourth-order valence-electron chi connectivity index (χ4n) is 3.47. The summed E-state index contributed by atoms with van der Waals surface area (Å²) in [6.45, 7) is 6.58. The van der Waals surface area contributed by atoms with E-state index in [0.717, 1.165) is 53.5 Å². The maximum absolute atomic E-state index is 13.5. The van der Waals surface area contributed by atoms with Gasteiger partial charge in [-0.05, 0) is 49.1 Å². The van der Waals surface area contributed by atoms with Crippen molar-refractivity contribution in [3.8, 4) is 0 Å². The smallest absolute Gasteiger partial charge is 0.260 e. The minimum atomic E-state index is -0.0260. The van der Waals surface area contributed by atoms with Crippen LogP contribution in [0, 0.1) is 6.92 Å². The number of anilines is 1. The summed E-state index contributed by atoms with van der Waals surface area (Å²) in [6, 6.07) is 11.6. The Kier molecular flexibility index (Phi) is 6.95. The van der Waals surface area contributed by atoms with Crippen LogP contribution in [0.25, 0.3) is 10.2 Å². The molecule has 5 nitrogen and oxygen atoms in total. The van der Waals surface area contributed by atoms with Gasteiger partial charge in [0.1, 0.15) is 0 Å². The van der Waals surface area contributed by atoms with Crippen molar-refractivity contribution in [3.05, 3.63) is 52.5 Å². The molecule has 0 spiro atoms. The first kappa shape index (κ1) is 21.6. The van der Waals surface area contributed by atoms with E-state index in [4.69, 9.17) is 21.3 Å². The molecule has 0 aliphatic carbocycles. The molecule has 1 amide bonds. The van der Waals surface area contributed by atoms with Crippen LogP contribution in [0.3, 0.4) is 0 Å². The zero-order valence-electron chi connectivity index (χ0n) is 17.1. The first-order valence-electron chi connectivity index (χ1n) is 9.88. The fourth-order valence-corrected chi connectivity index (χ4v) is 5.13. The van der Waals surface area contributed by atoms with Crippen molar-refractivity contribution in [1.82, 2.24) is 9.88 Å². The number of halogens is 1. The number of thioether (sulfide) groups is 1. The van der Waals surface area contributed by atoms with Crippen LogP contribution >= 0.6 is 34.7 Å². The monoisotopic (exact) mass is 461 g/mol. The molecule has 8 heteroatoms. The second kappa shape index (κ2) is 9.66. The Morgan fingerprint density at radius 1 is 1.30 bits per heavy atom. The number of carbonyl (C=O) groups is 1. The average Bonchev–Trinajstić information content (AvgIpc) is 3.22. The molecule has 0 N–H and O–H groups in total. The van der Waals surface area contributed by atoms with Crippen molar-refractivity contribution in [2.45, 2.75) is 11.8 Å². The quantitative estimate of drug-likeness (QED) is 0.485. The summed E-state index contributed by atoms with van der Waals surface area (Å²) < 4.78 is 6.49. The highest BCUT2D eigenvalue weighted by Crippen LogP contribution is 2.34. The SMILES string of the molecule is CSc1cccc(C(=O)N(CCN2CCOCC2)c2nc3c(C)c(Cl)ccc3s2)c1. The van der Waals surface area contributed by atoms with E-state index >= 15 is 0 Å². The molecular formula is C22H24ClN3O2S2. The van der Waals surface area contributed by atoms with Gasteiger partial charge < -0.3 is 4.74 Å². The van der Waals surface area contributed by atoms with Crippen LogP contribution in [0.1, 0.15) is 15.9 Å². The Morgan fingerprint density at radius 3 is 2.87 bits per heavy atom. The number of fused-ring (bicyclic) bond motifs is 1. The molecule has 2 aromatic carbocycles. The minimum absolute atomic E-state index is 0.0260. The zero-order valence-corrected chi connectivity index (χ0v) is 19.4. The lowest BCUT2D eigenvalue weighted by atomic mass is 10.2. The van der Waals surface area contributed by atoms with Crippen molar-refractivity contribution in [2.75, 3.05) is 50.5 Å². The molecule has 0 atom stereocenters. The summed E-state index contributed by atoms with van der Waals surface area (Å²) in [6.07, 6.45) is 2.01. The number of hydrogen-bond acceptors (Lipinski definition) is 6. The molecule has 1 saturated heterocycles. The third kappa shape index (κ3) is 4.65. The largest absolute Gasteiger partial charge is 0.379 e. The number of thiazole rings is 1. The molecule has 0 radical (unpaired) electrons. The van der Waals surface area contributed by atoms with E-state index in [0.29, 0.717) is 22.3 Å². The molecule has 1 aliphatic rings. The average molecular weight is 462 g/mol. The number of carbonyl (C=O) groups excluding carboxylic acids is 1. The van der Waals surface area contributed by atoms with Gasteiger partial charge in [0.15, 0.2) is 5.13 Å². The zero-order chi connectivity index (χ0) is 21.1. The highest BCUT2D eigenvalue weighted by Gasteiger charge is 2.23. The van der Waals surface area contributed by atoms with E-state index in [1.165, 1.54) is 11.3 Å². The first-order chi connectivity index (χ1) is 14.6. The summed E-state index contributed by atoms with van der Waals surface area (Å²) in [5, 5.41) is 1.40. The van der Waals surface area contributed by atoms with Crippen molar-refractivity contribution >= 4 is 56.0 Å². The third-order valence-electron chi connectivity index (χ3n) is 5.27. The van der Waals surface area contributed by atoms with Gasteiger partial charge in [0, 0.05) is 41.7 Å². The van der Waals surface area contributed by atoms with Gasteiger partial charge in [-0.2, -0.15) is 0 Å². The van der Waals surface area contributed by atoms with Crippen molar-refractivity contribution in [2.24, 2.45) is 0 Å².